The van der Waals surface area contributed by atoms with Crippen LogP contribution in [0.25, 0.3) is 0 Å². The van der Waals surface area contributed by atoms with Crippen molar-refractivity contribution in [2.45, 2.75) is 108 Å². The Morgan fingerprint density at radius 1 is 0.714 bits per heavy atom. The lowest BCUT2D eigenvalue weighted by molar-refractivity contribution is -0.149. The molecule has 1 fully saturated rings. The lowest BCUT2D eigenvalue weighted by Crippen LogP contribution is -2.60. The fraction of sp³-hybridized carbons (Fsp3) is 0.500. The molecule has 344 valence electrons. The van der Waals surface area contributed by atoms with Gasteiger partial charge in [-0.3, -0.25) is 38.6 Å². The van der Waals surface area contributed by atoms with Gasteiger partial charge >= 0.3 is 5.97 Å². The molecule has 0 aliphatic carbocycles. The van der Waals surface area contributed by atoms with E-state index in [1.54, 1.807) is 60.7 Å². The maximum atomic E-state index is 14.3. The number of aliphatic imine (C=N–C) groups is 1. The van der Waals surface area contributed by atoms with Crippen molar-refractivity contribution < 1.29 is 48.6 Å². The molecule has 1 aliphatic heterocycles. The second-order valence-corrected chi connectivity index (χ2v) is 15.8. The van der Waals surface area contributed by atoms with Crippen molar-refractivity contribution in [2.75, 3.05) is 19.7 Å². The number of nitrogens with zero attached hydrogens (tertiary/aromatic N) is 2. The Morgan fingerprint density at radius 2 is 1.19 bits per heavy atom. The lowest BCUT2D eigenvalue weighted by Gasteiger charge is -2.29. The van der Waals surface area contributed by atoms with E-state index in [1.165, 1.54) is 0 Å². The minimum absolute atomic E-state index is 0.0162. The van der Waals surface area contributed by atoms with Crippen molar-refractivity contribution in [2.24, 2.45) is 33.8 Å². The molecule has 0 bridgehead atoms. The Kier molecular flexibility index (Phi) is 20.4. The first kappa shape index (κ1) is 50.7. The number of carbonyl (C=O) groups is 8. The number of carboxylic acid groups (broad SMARTS) is 1. The number of hydrogen-bond donors (Lipinski definition) is 11. The molecule has 21 nitrogen and oxygen atoms in total. The van der Waals surface area contributed by atoms with Crippen molar-refractivity contribution in [3.8, 4) is 0 Å². The average molecular weight is 880 g/mol. The molecule has 63 heavy (non-hydrogen) atoms. The number of carbonyl (C=O) groups excluding carboxylic acids is 7. The molecule has 1 aliphatic rings. The smallest absolute Gasteiger partial charge is 0.326 e. The van der Waals surface area contributed by atoms with Crippen LogP contribution in [0.1, 0.15) is 63.5 Å². The summed E-state index contributed by atoms with van der Waals surface area (Å²) < 4.78 is 0. The standard InChI is InChI=1S/C42H61N11O10/c1-24(2)19-29(50-39(60)30(49-35(56)27(43)23-54)20-25-11-5-3-6-12-25)37(58)51-31(21-26-13-7-4-8-14-26)38(59)48-28(15-9-17-47-42(45)46)36(57)52-32(22-34(44)55)40(61)53-18-10-16-33(53)41(62)63/h3-8,11-14,24,27-33,54H,9-10,15-23,43H2,1-2H3,(H2,44,55)(H,48,59)(H,49,56)(H,50,60)(H,51,58)(H,52,57)(H,62,63)(H4,45,46,47)/t27-,28-,29-,30-,31-,32-,33-/m0/s1. The quantitative estimate of drug-likeness (QED) is 0.0275. The molecule has 2 aromatic carbocycles. The number of carboxylic acids is 1. The van der Waals surface area contributed by atoms with E-state index < -0.39 is 103 Å². The Morgan fingerprint density at radius 3 is 1.68 bits per heavy atom. The molecule has 0 saturated carbocycles. The Hall–Kier alpha value is -6.61. The molecule has 15 N–H and O–H groups in total. The summed E-state index contributed by atoms with van der Waals surface area (Å²) in [6, 6.07) is 8.15. The summed E-state index contributed by atoms with van der Waals surface area (Å²) in [5.74, 6) is -7.46. The number of likely N-dealkylation sites (tertiary alicyclic amines) is 1. The van der Waals surface area contributed by atoms with Gasteiger partial charge in [0.15, 0.2) is 5.96 Å². The van der Waals surface area contributed by atoms with E-state index in [1.807, 2.05) is 13.8 Å². The van der Waals surface area contributed by atoms with Gasteiger partial charge in [-0.05, 0) is 49.1 Å². The highest BCUT2D eigenvalue weighted by molar-refractivity contribution is 5.98. The first-order valence-electron chi connectivity index (χ1n) is 20.7. The molecular formula is C42H61N11O10. The van der Waals surface area contributed by atoms with Crippen LogP contribution in [0, 0.1) is 5.92 Å². The number of aliphatic hydroxyl groups is 1. The summed E-state index contributed by atoms with van der Waals surface area (Å²) in [6.07, 6.45) is -0.0383. The number of guanidine groups is 1. The topological polar surface area (TPSA) is 357 Å². The van der Waals surface area contributed by atoms with Crippen LogP contribution in [-0.4, -0.2) is 130 Å². The van der Waals surface area contributed by atoms with Gasteiger partial charge in [-0.1, -0.05) is 74.5 Å². The summed E-state index contributed by atoms with van der Waals surface area (Å²) in [5.41, 5.74) is 23.4. The first-order valence-corrected chi connectivity index (χ1v) is 20.7. The maximum Gasteiger partial charge on any atom is 0.326 e. The Balaban J connectivity index is 1.93. The summed E-state index contributed by atoms with van der Waals surface area (Å²) in [6.45, 7) is 3.07. The molecule has 7 atom stereocenters. The number of hydrogen-bond acceptors (Lipinski definition) is 11. The van der Waals surface area contributed by atoms with Gasteiger partial charge in [0.1, 0.15) is 42.3 Å². The van der Waals surface area contributed by atoms with Gasteiger partial charge in [0, 0.05) is 25.9 Å². The van der Waals surface area contributed by atoms with Gasteiger partial charge in [0.25, 0.3) is 0 Å². The minimum atomic E-state index is -1.57. The summed E-state index contributed by atoms with van der Waals surface area (Å²) in [4.78, 5) is 112. The van der Waals surface area contributed by atoms with Gasteiger partial charge in [0.2, 0.25) is 41.4 Å². The van der Waals surface area contributed by atoms with Crippen molar-refractivity contribution in [3.05, 3.63) is 71.8 Å². The highest BCUT2D eigenvalue weighted by Crippen LogP contribution is 2.20. The predicted molar refractivity (Wildman–Crippen MR) is 231 cm³/mol. The third-order valence-electron chi connectivity index (χ3n) is 10.1. The second kappa shape index (κ2) is 25.4. The third-order valence-corrected chi connectivity index (χ3v) is 10.1. The van der Waals surface area contributed by atoms with Gasteiger partial charge < -0.3 is 64.6 Å². The average Bonchev–Trinajstić information content (AvgIpc) is 3.74. The Bertz CT molecular complexity index is 1910. The van der Waals surface area contributed by atoms with Crippen molar-refractivity contribution in [3.63, 3.8) is 0 Å². The number of primary amides is 1. The second-order valence-electron chi connectivity index (χ2n) is 15.8. The van der Waals surface area contributed by atoms with E-state index >= 15 is 0 Å². The number of nitrogens with two attached hydrogens (primary N) is 4. The van der Waals surface area contributed by atoms with Gasteiger partial charge in [-0.2, -0.15) is 0 Å². The van der Waals surface area contributed by atoms with E-state index in [4.69, 9.17) is 22.9 Å². The zero-order valence-corrected chi connectivity index (χ0v) is 35.5. The van der Waals surface area contributed by atoms with E-state index in [9.17, 15) is 48.6 Å². The summed E-state index contributed by atoms with van der Waals surface area (Å²) in [5, 5.41) is 32.2. The van der Waals surface area contributed by atoms with Crippen LogP contribution in [-0.2, 0) is 51.2 Å². The minimum Gasteiger partial charge on any atom is -0.480 e. The molecule has 0 aromatic heterocycles. The monoisotopic (exact) mass is 879 g/mol. The van der Waals surface area contributed by atoms with E-state index in [2.05, 4.69) is 31.6 Å². The number of nitrogens with one attached hydrogen (secondary N) is 5. The first-order chi connectivity index (χ1) is 29.9. The number of benzene rings is 2. The normalized spacial score (nSPS) is 16.3. The zero-order chi connectivity index (χ0) is 46.6. The van der Waals surface area contributed by atoms with Crippen molar-refractivity contribution in [1.82, 2.24) is 31.5 Å². The summed E-state index contributed by atoms with van der Waals surface area (Å²) >= 11 is 0. The third kappa shape index (κ3) is 17.0. The Labute approximate surface area is 365 Å². The molecule has 7 amide bonds. The van der Waals surface area contributed by atoms with Gasteiger partial charge in [0.05, 0.1) is 13.0 Å². The van der Waals surface area contributed by atoms with Crippen LogP contribution in [0.15, 0.2) is 65.7 Å². The molecule has 1 saturated heterocycles. The lowest BCUT2D eigenvalue weighted by atomic mass is 9.99. The number of amides is 7. The fourth-order valence-electron chi connectivity index (χ4n) is 6.93. The predicted octanol–water partition coefficient (Wildman–Crippen LogP) is -2.73. The molecule has 0 radical (unpaired) electrons. The van der Waals surface area contributed by atoms with Gasteiger partial charge in [-0.25, -0.2) is 4.79 Å². The number of aliphatic carboxylic acids is 1. The van der Waals surface area contributed by atoms with Crippen molar-refractivity contribution in [1.29, 1.82) is 0 Å². The van der Waals surface area contributed by atoms with Crippen LogP contribution in [0.5, 0.6) is 0 Å². The summed E-state index contributed by atoms with van der Waals surface area (Å²) in [7, 11) is 0. The molecule has 3 rings (SSSR count). The van der Waals surface area contributed by atoms with Crippen LogP contribution in [0.3, 0.4) is 0 Å². The zero-order valence-electron chi connectivity index (χ0n) is 35.5. The van der Waals surface area contributed by atoms with E-state index in [-0.39, 0.29) is 63.5 Å². The number of rotatable bonds is 25. The van der Waals surface area contributed by atoms with Gasteiger partial charge in [-0.15, -0.1) is 0 Å². The fourth-order valence-corrected chi connectivity index (χ4v) is 6.93. The van der Waals surface area contributed by atoms with Crippen LogP contribution in [0.2, 0.25) is 0 Å². The molecule has 21 heteroatoms. The van der Waals surface area contributed by atoms with E-state index in [0.717, 1.165) is 4.90 Å². The number of aliphatic hydroxyl groups excluding tert-OH is 1. The SMILES string of the molecule is CC(C)C[C@H](NC(=O)[C@H](Cc1ccccc1)NC(=O)[C@@H](N)CO)C(=O)N[C@@H](Cc1ccccc1)C(=O)N[C@@H](CCCN=C(N)N)C(=O)N[C@@H](CC(N)=O)C(=O)N1CCC[C@H]1C(=O)O. The van der Waals surface area contributed by atoms with Crippen LogP contribution in [0.4, 0.5) is 0 Å². The molecule has 2 aromatic rings. The van der Waals surface area contributed by atoms with Crippen LogP contribution >= 0.6 is 0 Å². The highest BCUT2D eigenvalue weighted by Gasteiger charge is 2.39. The molecule has 1 heterocycles. The maximum absolute atomic E-state index is 14.3. The molecule has 0 spiro atoms. The molecule has 0 unspecified atom stereocenters. The van der Waals surface area contributed by atoms with Crippen molar-refractivity contribution >= 4 is 53.3 Å². The van der Waals surface area contributed by atoms with Crippen LogP contribution < -0.4 is 49.5 Å². The van der Waals surface area contributed by atoms with E-state index in [0.29, 0.717) is 17.5 Å². The highest BCUT2D eigenvalue weighted by atomic mass is 16.4. The largest absolute Gasteiger partial charge is 0.480 e. The molecular weight excluding hydrogens is 819 g/mol.